The first-order chi connectivity index (χ1) is 9.74. The first-order valence-corrected chi connectivity index (χ1v) is 7.16. The molecule has 0 bridgehead atoms. The normalized spacial score (nSPS) is 9.95. The van der Waals surface area contributed by atoms with Crippen molar-refractivity contribution in [2.75, 3.05) is 13.7 Å². The van der Waals surface area contributed by atoms with Crippen LogP contribution in [0.1, 0.15) is 16.9 Å². The van der Waals surface area contributed by atoms with E-state index in [4.69, 9.17) is 14.3 Å². The number of furan rings is 1. The molecule has 1 N–H and O–H groups in total. The van der Waals surface area contributed by atoms with Crippen molar-refractivity contribution in [3.05, 3.63) is 47.4 Å². The molecular formula is C16H16O3S. The maximum absolute atomic E-state index is 8.74. The SMILES string of the molecule is COc1ccc(C#CCO)cc1CSc1ccoc1C. The van der Waals surface area contributed by atoms with Gasteiger partial charge in [0.25, 0.3) is 0 Å². The smallest absolute Gasteiger partial charge is 0.122 e. The lowest BCUT2D eigenvalue weighted by Gasteiger charge is -2.08. The lowest BCUT2D eigenvalue weighted by atomic mass is 10.1. The Labute approximate surface area is 123 Å². The maximum Gasteiger partial charge on any atom is 0.122 e. The molecule has 0 radical (unpaired) electrons. The van der Waals surface area contributed by atoms with E-state index in [-0.39, 0.29) is 6.61 Å². The second kappa shape index (κ2) is 7.09. The van der Waals surface area contributed by atoms with Crippen LogP contribution in [0.15, 0.2) is 39.8 Å². The molecule has 0 aliphatic rings. The van der Waals surface area contributed by atoms with Crippen molar-refractivity contribution in [3.8, 4) is 17.6 Å². The van der Waals surface area contributed by atoms with Crippen LogP contribution in [-0.2, 0) is 5.75 Å². The maximum atomic E-state index is 8.74. The van der Waals surface area contributed by atoms with E-state index >= 15 is 0 Å². The van der Waals surface area contributed by atoms with Crippen molar-refractivity contribution >= 4 is 11.8 Å². The van der Waals surface area contributed by atoms with E-state index < -0.39 is 0 Å². The molecule has 20 heavy (non-hydrogen) atoms. The van der Waals surface area contributed by atoms with Crippen LogP contribution >= 0.6 is 11.8 Å². The molecule has 2 rings (SSSR count). The minimum Gasteiger partial charge on any atom is -0.496 e. The highest BCUT2D eigenvalue weighted by atomic mass is 32.2. The summed E-state index contributed by atoms with van der Waals surface area (Å²) in [5.74, 6) is 8.10. The summed E-state index contributed by atoms with van der Waals surface area (Å²) < 4.78 is 10.7. The van der Waals surface area contributed by atoms with E-state index in [9.17, 15) is 0 Å². The third kappa shape index (κ3) is 3.60. The standard InChI is InChI=1S/C16H16O3S/c1-12-16(7-9-19-12)20-11-14-10-13(4-3-8-17)5-6-15(14)18-2/h5-7,9-10,17H,8,11H2,1-2H3. The molecule has 3 nitrogen and oxygen atoms in total. The van der Waals surface area contributed by atoms with Crippen LogP contribution in [0.5, 0.6) is 5.75 Å². The van der Waals surface area contributed by atoms with Crippen LogP contribution in [0.4, 0.5) is 0 Å². The number of hydrogen-bond acceptors (Lipinski definition) is 4. The molecule has 0 fully saturated rings. The topological polar surface area (TPSA) is 42.6 Å². The molecule has 1 aromatic heterocycles. The molecule has 4 heteroatoms. The van der Waals surface area contributed by atoms with Crippen LogP contribution in [0, 0.1) is 18.8 Å². The lowest BCUT2D eigenvalue weighted by molar-refractivity contribution is 0.350. The summed E-state index contributed by atoms with van der Waals surface area (Å²) in [4.78, 5) is 1.12. The fourth-order valence-electron chi connectivity index (χ4n) is 1.79. The Hall–Kier alpha value is -1.83. The number of rotatable bonds is 4. The summed E-state index contributed by atoms with van der Waals surface area (Å²) >= 11 is 1.70. The number of methoxy groups -OCH3 is 1. The van der Waals surface area contributed by atoms with E-state index in [1.165, 1.54) is 0 Å². The average molecular weight is 288 g/mol. The van der Waals surface area contributed by atoms with Crippen molar-refractivity contribution in [2.24, 2.45) is 0 Å². The van der Waals surface area contributed by atoms with Gasteiger partial charge in [0.05, 0.1) is 13.4 Å². The summed E-state index contributed by atoms with van der Waals surface area (Å²) in [6.07, 6.45) is 1.69. The second-order valence-corrected chi connectivity index (χ2v) is 5.13. The molecule has 104 valence electrons. The zero-order valence-electron chi connectivity index (χ0n) is 11.5. The fraction of sp³-hybridized carbons (Fsp3) is 0.250. The summed E-state index contributed by atoms with van der Waals surface area (Å²) in [5.41, 5.74) is 1.95. The molecule has 0 saturated carbocycles. The Balaban J connectivity index is 2.18. The number of thioether (sulfide) groups is 1. The zero-order valence-corrected chi connectivity index (χ0v) is 12.3. The average Bonchev–Trinajstić information content (AvgIpc) is 2.88. The monoisotopic (exact) mass is 288 g/mol. The van der Waals surface area contributed by atoms with E-state index in [1.54, 1.807) is 25.1 Å². The summed E-state index contributed by atoms with van der Waals surface area (Å²) in [6.45, 7) is 1.81. The van der Waals surface area contributed by atoms with Gasteiger partial charge in [-0.15, -0.1) is 11.8 Å². The molecule has 1 heterocycles. The zero-order chi connectivity index (χ0) is 14.4. The predicted octanol–water partition coefficient (Wildman–Crippen LogP) is 3.23. The quantitative estimate of drug-likeness (QED) is 0.693. The van der Waals surface area contributed by atoms with Gasteiger partial charge in [-0.05, 0) is 31.2 Å². The largest absolute Gasteiger partial charge is 0.496 e. The number of aryl methyl sites for hydroxylation is 1. The Kier molecular flexibility index (Phi) is 5.16. The Morgan fingerprint density at radius 1 is 1.35 bits per heavy atom. The highest BCUT2D eigenvalue weighted by molar-refractivity contribution is 7.98. The van der Waals surface area contributed by atoms with Crippen molar-refractivity contribution in [1.29, 1.82) is 0 Å². The van der Waals surface area contributed by atoms with Gasteiger partial charge < -0.3 is 14.3 Å². The van der Waals surface area contributed by atoms with Crippen LogP contribution in [0.25, 0.3) is 0 Å². The summed E-state index contributed by atoms with van der Waals surface area (Å²) in [6, 6.07) is 7.74. The van der Waals surface area contributed by atoms with Crippen LogP contribution in [0.2, 0.25) is 0 Å². The van der Waals surface area contributed by atoms with Gasteiger partial charge in [0, 0.05) is 21.8 Å². The van der Waals surface area contributed by atoms with Gasteiger partial charge in [-0.3, -0.25) is 0 Å². The third-order valence-corrected chi connectivity index (χ3v) is 3.98. The van der Waals surface area contributed by atoms with Gasteiger partial charge in [-0.1, -0.05) is 11.8 Å². The van der Waals surface area contributed by atoms with Crippen molar-refractivity contribution in [2.45, 2.75) is 17.6 Å². The molecule has 0 unspecified atom stereocenters. The van der Waals surface area contributed by atoms with E-state index in [1.807, 2.05) is 31.2 Å². The highest BCUT2D eigenvalue weighted by Gasteiger charge is 2.07. The van der Waals surface area contributed by atoms with E-state index in [0.29, 0.717) is 0 Å². The van der Waals surface area contributed by atoms with Gasteiger partial charge in [-0.25, -0.2) is 0 Å². The van der Waals surface area contributed by atoms with Gasteiger partial charge in [0.1, 0.15) is 18.1 Å². The molecule has 0 amide bonds. The summed E-state index contributed by atoms with van der Waals surface area (Å²) in [7, 11) is 1.66. The number of benzene rings is 1. The summed E-state index contributed by atoms with van der Waals surface area (Å²) in [5, 5.41) is 8.74. The molecule has 1 aromatic carbocycles. The molecule has 2 aromatic rings. The predicted molar refractivity (Wildman–Crippen MR) is 80.0 cm³/mol. The first-order valence-electron chi connectivity index (χ1n) is 6.18. The molecule has 0 spiro atoms. The Morgan fingerprint density at radius 2 is 2.20 bits per heavy atom. The molecule has 0 aliphatic heterocycles. The number of hydrogen-bond donors (Lipinski definition) is 1. The second-order valence-electron chi connectivity index (χ2n) is 4.12. The van der Waals surface area contributed by atoms with Gasteiger partial charge in [-0.2, -0.15) is 0 Å². The minimum atomic E-state index is -0.135. The third-order valence-electron chi connectivity index (χ3n) is 2.79. The highest BCUT2D eigenvalue weighted by Crippen LogP contribution is 2.30. The van der Waals surface area contributed by atoms with Gasteiger partial charge in [0.15, 0.2) is 0 Å². The number of aliphatic hydroxyl groups excluding tert-OH is 1. The first kappa shape index (κ1) is 14.6. The van der Waals surface area contributed by atoms with E-state index in [0.717, 1.165) is 33.3 Å². The van der Waals surface area contributed by atoms with Crippen molar-refractivity contribution < 1.29 is 14.3 Å². The number of aliphatic hydroxyl groups is 1. The Morgan fingerprint density at radius 3 is 2.85 bits per heavy atom. The van der Waals surface area contributed by atoms with Crippen LogP contribution in [0.3, 0.4) is 0 Å². The number of ether oxygens (including phenoxy) is 1. The van der Waals surface area contributed by atoms with Crippen molar-refractivity contribution in [3.63, 3.8) is 0 Å². The van der Waals surface area contributed by atoms with Crippen LogP contribution < -0.4 is 4.74 Å². The lowest BCUT2D eigenvalue weighted by Crippen LogP contribution is -1.92. The van der Waals surface area contributed by atoms with E-state index in [2.05, 4.69) is 11.8 Å². The minimum absolute atomic E-state index is 0.135. The molecule has 0 aliphatic carbocycles. The van der Waals surface area contributed by atoms with Gasteiger partial charge >= 0.3 is 0 Å². The van der Waals surface area contributed by atoms with Crippen molar-refractivity contribution in [1.82, 2.24) is 0 Å². The molecular weight excluding hydrogens is 272 g/mol. The molecule has 0 atom stereocenters. The Bertz CT molecular complexity index is 635. The van der Waals surface area contributed by atoms with Gasteiger partial charge in [0.2, 0.25) is 0 Å². The molecule has 0 saturated heterocycles. The fourth-order valence-corrected chi connectivity index (χ4v) is 2.73. The van der Waals surface area contributed by atoms with Crippen LogP contribution in [-0.4, -0.2) is 18.8 Å².